The van der Waals surface area contributed by atoms with E-state index >= 15 is 0 Å². The topological polar surface area (TPSA) is 114 Å². The van der Waals surface area contributed by atoms with Gasteiger partial charge in [0.05, 0.1) is 11.5 Å². The van der Waals surface area contributed by atoms with Gasteiger partial charge < -0.3 is 4.74 Å². The summed E-state index contributed by atoms with van der Waals surface area (Å²) in [6.45, 7) is 2.33. The predicted molar refractivity (Wildman–Crippen MR) is 130 cm³/mol. The molecular weight excluding hydrogens is 454 g/mol. The lowest BCUT2D eigenvalue weighted by Gasteiger charge is -2.10. The van der Waals surface area contributed by atoms with Gasteiger partial charge in [-0.25, -0.2) is 8.42 Å². The molecule has 34 heavy (non-hydrogen) atoms. The average molecular weight is 482 g/mol. The van der Waals surface area contributed by atoms with Gasteiger partial charge in [0.1, 0.15) is 5.75 Å². The van der Waals surface area contributed by atoms with Crippen LogP contribution in [-0.4, -0.2) is 26.8 Å². The van der Waals surface area contributed by atoms with E-state index in [2.05, 4.69) is 15.6 Å². The normalized spacial score (nSPS) is 10.9. The number of hydrazine groups is 1. The molecular formula is C25H27N3O5S. The molecule has 0 aliphatic heterocycles. The van der Waals surface area contributed by atoms with E-state index in [-0.39, 0.29) is 22.8 Å². The van der Waals surface area contributed by atoms with Gasteiger partial charge in [-0.05, 0) is 73.9 Å². The number of ether oxygens (including phenoxy) is 1. The Kier molecular flexibility index (Phi) is 8.64. The third kappa shape index (κ3) is 7.35. The van der Waals surface area contributed by atoms with E-state index in [1.54, 1.807) is 12.1 Å². The summed E-state index contributed by atoms with van der Waals surface area (Å²) in [4.78, 5) is 24.3. The monoisotopic (exact) mass is 481 g/mol. The highest BCUT2D eigenvalue weighted by Crippen LogP contribution is 2.19. The molecule has 0 saturated heterocycles. The number of aryl methyl sites for hydroxylation is 1. The van der Waals surface area contributed by atoms with Crippen molar-refractivity contribution in [3.8, 4) is 5.75 Å². The highest BCUT2D eigenvalue weighted by atomic mass is 32.2. The maximum atomic E-state index is 12.6. The second-order valence-electron chi connectivity index (χ2n) is 7.43. The van der Waals surface area contributed by atoms with Crippen molar-refractivity contribution in [2.75, 3.05) is 11.3 Å². The van der Waals surface area contributed by atoms with Crippen LogP contribution in [0.15, 0.2) is 83.8 Å². The molecule has 0 spiro atoms. The van der Waals surface area contributed by atoms with Gasteiger partial charge in [-0.3, -0.25) is 25.2 Å². The molecule has 2 amide bonds. The molecule has 3 N–H and O–H groups in total. The van der Waals surface area contributed by atoms with Crippen molar-refractivity contribution >= 4 is 27.5 Å². The third-order valence-corrected chi connectivity index (χ3v) is 6.27. The van der Waals surface area contributed by atoms with Crippen molar-refractivity contribution in [3.05, 3.63) is 90.0 Å². The zero-order valence-corrected chi connectivity index (χ0v) is 19.6. The summed E-state index contributed by atoms with van der Waals surface area (Å²) in [6, 6.07) is 21.8. The Morgan fingerprint density at radius 1 is 0.853 bits per heavy atom. The molecule has 0 aliphatic carbocycles. The lowest BCUT2D eigenvalue weighted by Crippen LogP contribution is -2.41. The molecule has 0 atom stereocenters. The summed E-state index contributed by atoms with van der Waals surface area (Å²) in [6.07, 6.45) is 1.71. The SMILES string of the molecule is CCOc1ccc(S(=O)(=O)Nc2ccc(C(=O)NNC(=O)CCCc3ccccc3)cc2)cc1. The molecule has 0 heterocycles. The first-order valence-electron chi connectivity index (χ1n) is 10.9. The molecule has 0 aliphatic rings. The van der Waals surface area contributed by atoms with Crippen molar-refractivity contribution in [3.63, 3.8) is 0 Å². The Bertz CT molecular complexity index is 1200. The fourth-order valence-electron chi connectivity index (χ4n) is 3.14. The predicted octanol–water partition coefficient (Wildman–Crippen LogP) is 3.67. The average Bonchev–Trinajstić information content (AvgIpc) is 2.84. The smallest absolute Gasteiger partial charge is 0.269 e. The van der Waals surface area contributed by atoms with Crippen LogP contribution in [0.1, 0.15) is 35.7 Å². The summed E-state index contributed by atoms with van der Waals surface area (Å²) in [5.74, 6) is -0.207. The van der Waals surface area contributed by atoms with Gasteiger partial charge in [0, 0.05) is 17.7 Å². The van der Waals surface area contributed by atoms with Crippen LogP contribution >= 0.6 is 0 Å². The minimum Gasteiger partial charge on any atom is -0.494 e. The fraction of sp³-hybridized carbons (Fsp3) is 0.200. The van der Waals surface area contributed by atoms with E-state index in [0.29, 0.717) is 24.5 Å². The van der Waals surface area contributed by atoms with Gasteiger partial charge in [0.2, 0.25) is 5.91 Å². The summed E-state index contributed by atoms with van der Waals surface area (Å²) >= 11 is 0. The molecule has 0 saturated carbocycles. The number of amides is 2. The van der Waals surface area contributed by atoms with Crippen LogP contribution in [0, 0.1) is 0 Å². The molecule has 0 unspecified atom stereocenters. The van der Waals surface area contributed by atoms with Crippen molar-refractivity contribution in [1.29, 1.82) is 0 Å². The van der Waals surface area contributed by atoms with E-state index in [1.807, 2.05) is 37.3 Å². The van der Waals surface area contributed by atoms with E-state index in [0.717, 1.165) is 12.0 Å². The van der Waals surface area contributed by atoms with E-state index < -0.39 is 15.9 Å². The minimum absolute atomic E-state index is 0.0905. The van der Waals surface area contributed by atoms with E-state index in [1.165, 1.54) is 36.4 Å². The van der Waals surface area contributed by atoms with Crippen molar-refractivity contribution in [2.45, 2.75) is 31.1 Å². The fourth-order valence-corrected chi connectivity index (χ4v) is 4.20. The summed E-state index contributed by atoms with van der Waals surface area (Å²) in [5, 5.41) is 0. The number of sulfonamides is 1. The van der Waals surface area contributed by atoms with Crippen LogP contribution in [0.25, 0.3) is 0 Å². The number of carbonyl (C=O) groups excluding carboxylic acids is 2. The first-order valence-corrected chi connectivity index (χ1v) is 12.3. The number of rotatable bonds is 10. The molecule has 8 nitrogen and oxygen atoms in total. The van der Waals surface area contributed by atoms with Crippen molar-refractivity contribution in [2.24, 2.45) is 0 Å². The highest BCUT2D eigenvalue weighted by Gasteiger charge is 2.15. The summed E-state index contributed by atoms with van der Waals surface area (Å²) in [5.41, 5.74) is 6.49. The second-order valence-corrected chi connectivity index (χ2v) is 9.11. The van der Waals surface area contributed by atoms with Crippen LogP contribution in [0.5, 0.6) is 5.75 Å². The van der Waals surface area contributed by atoms with E-state index in [4.69, 9.17) is 4.74 Å². The number of hydrogen-bond donors (Lipinski definition) is 3. The maximum Gasteiger partial charge on any atom is 0.269 e. The zero-order valence-electron chi connectivity index (χ0n) is 18.8. The summed E-state index contributed by atoms with van der Waals surface area (Å²) < 4.78 is 32.9. The van der Waals surface area contributed by atoms with Crippen LogP contribution in [-0.2, 0) is 21.2 Å². The third-order valence-electron chi connectivity index (χ3n) is 4.87. The minimum atomic E-state index is -3.79. The molecule has 0 aromatic heterocycles. The van der Waals surface area contributed by atoms with Crippen LogP contribution < -0.4 is 20.3 Å². The van der Waals surface area contributed by atoms with Crippen LogP contribution in [0.3, 0.4) is 0 Å². The lowest BCUT2D eigenvalue weighted by atomic mass is 10.1. The first kappa shape index (κ1) is 24.8. The first-order chi connectivity index (χ1) is 16.4. The molecule has 178 valence electrons. The Labute approximate surface area is 199 Å². The lowest BCUT2D eigenvalue weighted by molar-refractivity contribution is -0.121. The van der Waals surface area contributed by atoms with Crippen LogP contribution in [0.2, 0.25) is 0 Å². The Hall–Kier alpha value is -3.85. The summed E-state index contributed by atoms with van der Waals surface area (Å²) in [7, 11) is -3.79. The Morgan fingerprint density at radius 2 is 1.53 bits per heavy atom. The molecule has 3 rings (SSSR count). The maximum absolute atomic E-state index is 12.6. The molecule has 0 radical (unpaired) electrons. The van der Waals surface area contributed by atoms with Gasteiger partial charge in [0.15, 0.2) is 0 Å². The Morgan fingerprint density at radius 3 is 2.18 bits per heavy atom. The zero-order chi connectivity index (χ0) is 24.4. The van der Waals surface area contributed by atoms with Crippen molar-refractivity contribution in [1.82, 2.24) is 10.9 Å². The van der Waals surface area contributed by atoms with Gasteiger partial charge >= 0.3 is 0 Å². The number of benzene rings is 3. The standard InChI is InChI=1S/C25H27N3O5S/c1-2-33-22-15-17-23(18-16-22)34(31,32)28-21-13-11-20(12-14-21)25(30)27-26-24(29)10-6-9-19-7-4-3-5-8-19/h3-5,7-8,11-18,28H,2,6,9-10H2,1H3,(H,26,29)(H,27,30). The number of nitrogens with one attached hydrogen (secondary N) is 3. The van der Waals surface area contributed by atoms with Gasteiger partial charge in [-0.2, -0.15) is 0 Å². The van der Waals surface area contributed by atoms with Crippen molar-refractivity contribution < 1.29 is 22.7 Å². The quantitative estimate of drug-likeness (QED) is 0.383. The molecule has 3 aromatic carbocycles. The number of carbonyl (C=O) groups is 2. The van der Waals surface area contributed by atoms with Crippen LogP contribution in [0.4, 0.5) is 5.69 Å². The van der Waals surface area contributed by atoms with Gasteiger partial charge in [0.25, 0.3) is 15.9 Å². The van der Waals surface area contributed by atoms with Gasteiger partial charge in [-0.1, -0.05) is 30.3 Å². The molecule has 0 fully saturated rings. The molecule has 9 heteroatoms. The van der Waals surface area contributed by atoms with E-state index in [9.17, 15) is 18.0 Å². The molecule has 3 aromatic rings. The van der Waals surface area contributed by atoms with Gasteiger partial charge in [-0.15, -0.1) is 0 Å². The molecule has 0 bridgehead atoms. The highest BCUT2D eigenvalue weighted by molar-refractivity contribution is 7.92. The largest absolute Gasteiger partial charge is 0.494 e. The number of anilines is 1. The number of hydrogen-bond acceptors (Lipinski definition) is 5. The Balaban J connectivity index is 1.47. The second kappa shape index (κ2) is 11.9.